The second-order valence-electron chi connectivity index (χ2n) is 7.10. The quantitative estimate of drug-likeness (QED) is 0.829. The third-order valence-corrected chi connectivity index (χ3v) is 6.39. The van der Waals surface area contributed by atoms with Crippen LogP contribution in [0.4, 0.5) is 0 Å². The fraction of sp³-hybridized carbons (Fsp3) is 0.778. The first kappa shape index (κ1) is 14.6. The maximum Gasteiger partial charge on any atom is 0.00896 e. The molecule has 0 amide bonds. The normalized spacial score (nSPS) is 31.8. The number of fused-ring (bicyclic) bond motifs is 1. The molecule has 1 nitrogen and oxygen atoms in total. The molecular formula is C18H29NS. The Morgan fingerprint density at radius 2 is 1.95 bits per heavy atom. The van der Waals surface area contributed by atoms with Crippen LogP contribution in [0.3, 0.4) is 0 Å². The predicted molar refractivity (Wildman–Crippen MR) is 88.4 cm³/mol. The van der Waals surface area contributed by atoms with E-state index < -0.39 is 0 Å². The summed E-state index contributed by atoms with van der Waals surface area (Å²) >= 11 is 1.96. The molecule has 1 aromatic rings. The molecule has 20 heavy (non-hydrogen) atoms. The second-order valence-corrected chi connectivity index (χ2v) is 8.47. The van der Waals surface area contributed by atoms with Crippen molar-refractivity contribution in [2.45, 2.75) is 77.3 Å². The van der Waals surface area contributed by atoms with Crippen molar-refractivity contribution in [3.63, 3.8) is 0 Å². The Bertz CT molecular complexity index is 425. The average molecular weight is 292 g/mol. The highest BCUT2D eigenvalue weighted by molar-refractivity contribution is 7.11. The third-order valence-electron chi connectivity index (χ3n) is 5.36. The van der Waals surface area contributed by atoms with Gasteiger partial charge in [-0.15, -0.1) is 11.3 Å². The van der Waals surface area contributed by atoms with Gasteiger partial charge < -0.3 is 5.32 Å². The molecule has 2 fully saturated rings. The minimum Gasteiger partial charge on any atom is -0.311 e. The topological polar surface area (TPSA) is 12.0 Å². The van der Waals surface area contributed by atoms with Crippen molar-refractivity contribution in [3.05, 3.63) is 21.9 Å². The summed E-state index contributed by atoms with van der Waals surface area (Å²) in [6.45, 7) is 4.57. The molecule has 1 N–H and O–H groups in total. The van der Waals surface area contributed by atoms with Gasteiger partial charge in [0.05, 0.1) is 0 Å². The van der Waals surface area contributed by atoms with E-state index in [0.29, 0.717) is 6.04 Å². The molecular weight excluding hydrogens is 262 g/mol. The minimum absolute atomic E-state index is 0.623. The van der Waals surface area contributed by atoms with Crippen LogP contribution in [0, 0.1) is 18.8 Å². The maximum absolute atomic E-state index is 3.92. The van der Waals surface area contributed by atoms with Gasteiger partial charge >= 0.3 is 0 Å². The van der Waals surface area contributed by atoms with Crippen LogP contribution in [0.25, 0.3) is 0 Å². The highest BCUT2D eigenvalue weighted by Gasteiger charge is 2.32. The van der Waals surface area contributed by atoms with E-state index in [2.05, 4.69) is 31.3 Å². The number of thiophene rings is 1. The van der Waals surface area contributed by atoms with Crippen LogP contribution >= 0.6 is 11.3 Å². The van der Waals surface area contributed by atoms with Crippen molar-refractivity contribution in [1.29, 1.82) is 0 Å². The van der Waals surface area contributed by atoms with Gasteiger partial charge in [-0.05, 0) is 63.5 Å². The Morgan fingerprint density at radius 3 is 2.70 bits per heavy atom. The molecule has 112 valence electrons. The van der Waals surface area contributed by atoms with Gasteiger partial charge in [-0.2, -0.15) is 0 Å². The summed E-state index contributed by atoms with van der Waals surface area (Å²) in [5.74, 6) is 2.10. The Morgan fingerprint density at radius 1 is 1.15 bits per heavy atom. The van der Waals surface area contributed by atoms with Crippen LogP contribution in [0.5, 0.6) is 0 Å². The molecule has 0 aliphatic heterocycles. The SMILES string of the molecule is Cc1ccc(CC(C)NC2CCC3CCCCC3C2)s1. The molecule has 1 heterocycles. The number of aryl methyl sites for hydroxylation is 1. The predicted octanol–water partition coefficient (Wildman–Crippen LogP) is 4.94. The minimum atomic E-state index is 0.623. The molecule has 2 saturated carbocycles. The van der Waals surface area contributed by atoms with Crippen molar-refractivity contribution in [1.82, 2.24) is 5.32 Å². The van der Waals surface area contributed by atoms with E-state index in [9.17, 15) is 0 Å². The Kier molecular flexibility index (Phi) is 4.83. The first-order valence-corrected chi connectivity index (χ1v) is 9.33. The summed E-state index contributed by atoms with van der Waals surface area (Å²) in [5, 5.41) is 3.92. The van der Waals surface area contributed by atoms with Gasteiger partial charge in [-0.1, -0.05) is 25.7 Å². The molecule has 0 radical (unpaired) electrons. The van der Waals surface area contributed by atoms with Gasteiger partial charge in [0.2, 0.25) is 0 Å². The maximum atomic E-state index is 3.92. The Hall–Kier alpha value is -0.340. The van der Waals surface area contributed by atoms with Crippen LogP contribution in [0.1, 0.15) is 61.6 Å². The lowest BCUT2D eigenvalue weighted by Crippen LogP contribution is -2.43. The molecule has 2 aliphatic carbocycles. The highest BCUT2D eigenvalue weighted by atomic mass is 32.1. The lowest BCUT2D eigenvalue weighted by molar-refractivity contribution is 0.139. The number of hydrogen-bond donors (Lipinski definition) is 1. The van der Waals surface area contributed by atoms with Crippen LogP contribution in [0.15, 0.2) is 12.1 Å². The van der Waals surface area contributed by atoms with Crippen molar-refractivity contribution >= 4 is 11.3 Å². The van der Waals surface area contributed by atoms with Crippen molar-refractivity contribution in [3.8, 4) is 0 Å². The molecule has 3 rings (SSSR count). The summed E-state index contributed by atoms with van der Waals surface area (Å²) < 4.78 is 0. The fourth-order valence-corrected chi connectivity index (χ4v) is 5.40. The standard InChI is InChI=1S/C18H29NS/c1-13(11-18-10-7-14(2)20-18)19-17-9-8-15-5-3-4-6-16(15)12-17/h7,10,13,15-17,19H,3-6,8-9,11-12H2,1-2H3. The molecule has 2 aliphatic rings. The van der Waals surface area contributed by atoms with E-state index in [-0.39, 0.29) is 0 Å². The lowest BCUT2D eigenvalue weighted by Gasteiger charge is -2.40. The van der Waals surface area contributed by atoms with Crippen LogP contribution in [0.2, 0.25) is 0 Å². The average Bonchev–Trinajstić information content (AvgIpc) is 2.83. The van der Waals surface area contributed by atoms with E-state index in [0.717, 1.165) is 17.9 Å². The molecule has 0 spiro atoms. The zero-order chi connectivity index (χ0) is 13.9. The summed E-state index contributed by atoms with van der Waals surface area (Å²) in [6, 6.07) is 5.96. The summed E-state index contributed by atoms with van der Waals surface area (Å²) in [5.41, 5.74) is 0. The first-order valence-electron chi connectivity index (χ1n) is 8.52. The summed E-state index contributed by atoms with van der Waals surface area (Å²) in [6.07, 6.45) is 11.5. The summed E-state index contributed by atoms with van der Waals surface area (Å²) in [4.78, 5) is 2.98. The Balaban J connectivity index is 1.48. The lowest BCUT2D eigenvalue weighted by atomic mass is 9.69. The van der Waals surface area contributed by atoms with Gasteiger partial charge in [-0.3, -0.25) is 0 Å². The van der Waals surface area contributed by atoms with Crippen molar-refractivity contribution in [2.24, 2.45) is 11.8 Å². The van der Waals surface area contributed by atoms with E-state index in [4.69, 9.17) is 0 Å². The second kappa shape index (κ2) is 6.62. The fourth-order valence-electron chi connectivity index (χ4n) is 4.38. The van der Waals surface area contributed by atoms with Gasteiger partial charge in [0.25, 0.3) is 0 Å². The summed E-state index contributed by atoms with van der Waals surface area (Å²) in [7, 11) is 0. The number of hydrogen-bond acceptors (Lipinski definition) is 2. The smallest absolute Gasteiger partial charge is 0.00896 e. The Labute approximate surface area is 128 Å². The largest absolute Gasteiger partial charge is 0.311 e. The van der Waals surface area contributed by atoms with Crippen molar-refractivity contribution < 1.29 is 0 Å². The first-order chi connectivity index (χ1) is 9.70. The van der Waals surface area contributed by atoms with Crippen LogP contribution in [-0.2, 0) is 6.42 Å². The highest BCUT2D eigenvalue weighted by Crippen LogP contribution is 2.40. The van der Waals surface area contributed by atoms with Crippen molar-refractivity contribution in [2.75, 3.05) is 0 Å². The molecule has 2 heteroatoms. The molecule has 4 atom stereocenters. The van der Waals surface area contributed by atoms with E-state index in [1.807, 2.05) is 11.3 Å². The van der Waals surface area contributed by atoms with E-state index >= 15 is 0 Å². The van der Waals surface area contributed by atoms with Gasteiger partial charge in [-0.25, -0.2) is 0 Å². The number of rotatable bonds is 4. The van der Waals surface area contributed by atoms with Crippen LogP contribution < -0.4 is 5.32 Å². The number of nitrogens with one attached hydrogen (secondary N) is 1. The monoisotopic (exact) mass is 291 g/mol. The van der Waals surface area contributed by atoms with E-state index in [1.165, 1.54) is 61.1 Å². The zero-order valence-electron chi connectivity index (χ0n) is 13.0. The molecule has 0 bridgehead atoms. The van der Waals surface area contributed by atoms with Gasteiger partial charge in [0.1, 0.15) is 0 Å². The zero-order valence-corrected chi connectivity index (χ0v) is 13.8. The molecule has 0 saturated heterocycles. The molecule has 4 unspecified atom stereocenters. The van der Waals surface area contributed by atoms with Gasteiger partial charge in [0, 0.05) is 21.8 Å². The van der Waals surface area contributed by atoms with Crippen LogP contribution in [-0.4, -0.2) is 12.1 Å². The van der Waals surface area contributed by atoms with E-state index in [1.54, 1.807) is 0 Å². The molecule has 1 aromatic heterocycles. The van der Waals surface area contributed by atoms with Gasteiger partial charge in [0.15, 0.2) is 0 Å². The third kappa shape index (κ3) is 3.65. The molecule has 0 aromatic carbocycles.